The van der Waals surface area contributed by atoms with Crippen LogP contribution in [0.5, 0.6) is 0 Å². The number of carbonyl (C=O) groups excluding carboxylic acids is 1. The van der Waals surface area contributed by atoms with Crippen molar-refractivity contribution in [3.8, 4) is 0 Å². The third-order valence-electron chi connectivity index (χ3n) is 2.65. The van der Waals surface area contributed by atoms with Gasteiger partial charge in [0, 0.05) is 17.0 Å². The average molecular weight is 264 g/mol. The zero-order valence-corrected chi connectivity index (χ0v) is 10.2. The van der Waals surface area contributed by atoms with E-state index >= 15 is 0 Å². The number of rotatable bonds is 3. The van der Waals surface area contributed by atoms with Crippen LogP contribution in [0.3, 0.4) is 0 Å². The second-order valence-electron chi connectivity index (χ2n) is 3.97. The van der Waals surface area contributed by atoms with Gasteiger partial charge < -0.3 is 5.73 Å². The Morgan fingerprint density at radius 1 is 1.17 bits per heavy atom. The molecule has 1 amide bonds. The lowest BCUT2D eigenvalue weighted by Gasteiger charge is -2.05. The SMILES string of the molecule is NC(=O)c1ccc(Cc2ccc(Cl)cc2)c(F)c1. The van der Waals surface area contributed by atoms with E-state index in [4.69, 9.17) is 17.3 Å². The van der Waals surface area contributed by atoms with Gasteiger partial charge in [0.1, 0.15) is 5.82 Å². The first-order valence-corrected chi connectivity index (χ1v) is 5.77. The quantitative estimate of drug-likeness (QED) is 0.908. The third kappa shape index (κ3) is 2.87. The Hall–Kier alpha value is -1.87. The van der Waals surface area contributed by atoms with Crippen LogP contribution in [-0.4, -0.2) is 5.91 Å². The predicted octanol–water partition coefficient (Wildman–Crippen LogP) is 3.17. The highest BCUT2D eigenvalue weighted by atomic mass is 35.5. The zero-order valence-electron chi connectivity index (χ0n) is 9.49. The second kappa shape index (κ2) is 5.19. The van der Waals surface area contributed by atoms with Crippen LogP contribution >= 0.6 is 11.6 Å². The van der Waals surface area contributed by atoms with E-state index in [0.29, 0.717) is 17.0 Å². The number of hydrogen-bond acceptors (Lipinski definition) is 1. The minimum atomic E-state index is -0.632. The molecule has 0 spiro atoms. The van der Waals surface area contributed by atoms with Gasteiger partial charge in [-0.25, -0.2) is 4.39 Å². The molecule has 0 saturated heterocycles. The van der Waals surface area contributed by atoms with Crippen molar-refractivity contribution in [3.05, 3.63) is 70.0 Å². The van der Waals surface area contributed by atoms with Gasteiger partial charge in [-0.2, -0.15) is 0 Å². The highest BCUT2D eigenvalue weighted by molar-refractivity contribution is 6.30. The Morgan fingerprint density at radius 3 is 2.39 bits per heavy atom. The van der Waals surface area contributed by atoms with Gasteiger partial charge in [-0.1, -0.05) is 29.8 Å². The summed E-state index contributed by atoms with van der Waals surface area (Å²) >= 11 is 5.78. The molecule has 2 rings (SSSR count). The lowest BCUT2D eigenvalue weighted by atomic mass is 10.0. The summed E-state index contributed by atoms with van der Waals surface area (Å²) in [6, 6.07) is 11.4. The first-order chi connectivity index (χ1) is 8.56. The molecule has 0 atom stereocenters. The Kier molecular flexibility index (Phi) is 3.63. The largest absolute Gasteiger partial charge is 0.366 e. The summed E-state index contributed by atoms with van der Waals surface area (Å²) in [6.45, 7) is 0. The third-order valence-corrected chi connectivity index (χ3v) is 2.90. The van der Waals surface area contributed by atoms with Crippen LogP contribution in [0.25, 0.3) is 0 Å². The Balaban J connectivity index is 2.24. The average Bonchev–Trinajstić information content (AvgIpc) is 2.34. The summed E-state index contributed by atoms with van der Waals surface area (Å²) in [5, 5.41) is 0.642. The summed E-state index contributed by atoms with van der Waals surface area (Å²) in [5.41, 5.74) is 6.72. The second-order valence-corrected chi connectivity index (χ2v) is 4.41. The van der Waals surface area contributed by atoms with Gasteiger partial charge in [0.05, 0.1) is 0 Å². The minimum absolute atomic E-state index is 0.173. The van der Waals surface area contributed by atoms with Crippen LogP contribution in [0.15, 0.2) is 42.5 Å². The van der Waals surface area contributed by atoms with Gasteiger partial charge in [0.2, 0.25) is 5.91 Å². The first-order valence-electron chi connectivity index (χ1n) is 5.39. The van der Waals surface area contributed by atoms with Gasteiger partial charge in [-0.3, -0.25) is 4.79 Å². The van der Waals surface area contributed by atoms with Crippen LogP contribution < -0.4 is 5.73 Å². The molecule has 2 aromatic rings. The fourth-order valence-corrected chi connectivity index (χ4v) is 1.79. The molecule has 0 bridgehead atoms. The molecule has 0 radical (unpaired) electrons. The normalized spacial score (nSPS) is 10.3. The fourth-order valence-electron chi connectivity index (χ4n) is 1.67. The molecule has 0 aliphatic heterocycles. The maximum atomic E-state index is 13.7. The van der Waals surface area contributed by atoms with Gasteiger partial charge in [0.25, 0.3) is 0 Å². The van der Waals surface area contributed by atoms with Crippen molar-refractivity contribution >= 4 is 17.5 Å². The van der Waals surface area contributed by atoms with Crippen molar-refractivity contribution in [2.24, 2.45) is 5.73 Å². The van der Waals surface area contributed by atoms with Gasteiger partial charge >= 0.3 is 0 Å². The molecule has 2 nitrogen and oxygen atoms in total. The number of benzene rings is 2. The van der Waals surface area contributed by atoms with Crippen LogP contribution in [0.1, 0.15) is 21.5 Å². The van der Waals surface area contributed by atoms with Crippen LogP contribution in [0.2, 0.25) is 5.02 Å². The van der Waals surface area contributed by atoms with E-state index in [0.717, 1.165) is 11.6 Å². The van der Waals surface area contributed by atoms with Crippen LogP contribution in [0, 0.1) is 5.82 Å². The van der Waals surface area contributed by atoms with E-state index in [-0.39, 0.29) is 5.56 Å². The molecule has 18 heavy (non-hydrogen) atoms. The van der Waals surface area contributed by atoms with E-state index in [1.165, 1.54) is 6.07 Å². The summed E-state index contributed by atoms with van der Waals surface area (Å²) in [7, 11) is 0. The molecular weight excluding hydrogens is 253 g/mol. The lowest BCUT2D eigenvalue weighted by Crippen LogP contribution is -2.11. The monoisotopic (exact) mass is 263 g/mol. The maximum Gasteiger partial charge on any atom is 0.248 e. The molecule has 2 aromatic carbocycles. The van der Waals surface area contributed by atoms with Gasteiger partial charge in [-0.05, 0) is 35.4 Å². The van der Waals surface area contributed by atoms with Crippen molar-refractivity contribution < 1.29 is 9.18 Å². The summed E-state index contributed by atoms with van der Waals surface area (Å²) < 4.78 is 13.7. The zero-order chi connectivity index (χ0) is 13.1. The van der Waals surface area contributed by atoms with Crippen LogP contribution in [0.4, 0.5) is 4.39 Å². The molecule has 92 valence electrons. The topological polar surface area (TPSA) is 43.1 Å². The molecule has 0 heterocycles. The van der Waals surface area contributed by atoms with Crippen molar-refractivity contribution in [3.63, 3.8) is 0 Å². The van der Waals surface area contributed by atoms with Crippen molar-refractivity contribution in [1.82, 2.24) is 0 Å². The van der Waals surface area contributed by atoms with E-state index in [1.54, 1.807) is 18.2 Å². The van der Waals surface area contributed by atoms with Crippen molar-refractivity contribution in [1.29, 1.82) is 0 Å². The predicted molar refractivity (Wildman–Crippen MR) is 69.2 cm³/mol. The maximum absolute atomic E-state index is 13.7. The number of carbonyl (C=O) groups is 1. The Morgan fingerprint density at radius 2 is 1.83 bits per heavy atom. The van der Waals surface area contributed by atoms with E-state index < -0.39 is 11.7 Å². The number of halogens is 2. The first kappa shape index (κ1) is 12.6. The summed E-state index contributed by atoms with van der Waals surface area (Å²) in [6.07, 6.45) is 0.446. The number of amides is 1. The summed E-state index contributed by atoms with van der Waals surface area (Å²) in [5.74, 6) is -1.06. The highest BCUT2D eigenvalue weighted by Crippen LogP contribution is 2.17. The molecule has 4 heteroatoms. The molecule has 0 aliphatic rings. The molecule has 0 aromatic heterocycles. The van der Waals surface area contributed by atoms with Crippen molar-refractivity contribution in [2.45, 2.75) is 6.42 Å². The Labute approximate surface area is 109 Å². The van der Waals surface area contributed by atoms with E-state index in [9.17, 15) is 9.18 Å². The standard InChI is InChI=1S/C14H11ClFNO/c15-12-5-1-9(2-6-12)7-10-3-4-11(14(17)18)8-13(10)16/h1-6,8H,7H2,(H2,17,18). The summed E-state index contributed by atoms with van der Waals surface area (Å²) in [4.78, 5) is 10.9. The number of hydrogen-bond donors (Lipinski definition) is 1. The fraction of sp³-hybridized carbons (Fsp3) is 0.0714. The molecule has 0 aliphatic carbocycles. The molecular formula is C14H11ClFNO. The number of primary amides is 1. The number of nitrogens with two attached hydrogens (primary N) is 1. The van der Waals surface area contributed by atoms with Gasteiger partial charge in [0.15, 0.2) is 0 Å². The molecule has 2 N–H and O–H groups in total. The molecule has 0 unspecified atom stereocenters. The van der Waals surface area contributed by atoms with Crippen molar-refractivity contribution in [2.75, 3.05) is 0 Å². The van der Waals surface area contributed by atoms with E-state index in [1.807, 2.05) is 12.1 Å². The minimum Gasteiger partial charge on any atom is -0.366 e. The van der Waals surface area contributed by atoms with E-state index in [2.05, 4.69) is 0 Å². The smallest absolute Gasteiger partial charge is 0.248 e. The van der Waals surface area contributed by atoms with Crippen LogP contribution in [-0.2, 0) is 6.42 Å². The molecule has 0 saturated carbocycles. The lowest BCUT2D eigenvalue weighted by molar-refractivity contribution is 0.1000. The molecule has 0 fully saturated rings. The highest BCUT2D eigenvalue weighted by Gasteiger charge is 2.07. The van der Waals surface area contributed by atoms with Gasteiger partial charge in [-0.15, -0.1) is 0 Å². The Bertz CT molecular complexity index is 581.